The van der Waals surface area contributed by atoms with E-state index in [2.05, 4.69) is 45.0 Å². The van der Waals surface area contributed by atoms with Gasteiger partial charge in [0.25, 0.3) is 0 Å². The molecule has 0 unspecified atom stereocenters. The first-order chi connectivity index (χ1) is 11.8. The zero-order valence-corrected chi connectivity index (χ0v) is 15.3. The zero-order chi connectivity index (χ0) is 17.6. The molecule has 0 bridgehead atoms. The summed E-state index contributed by atoms with van der Waals surface area (Å²) in [5, 5.41) is 0. The second-order valence-corrected chi connectivity index (χ2v) is 8.56. The number of hydrogen-bond acceptors (Lipinski definition) is 3. The number of allylic oxidation sites excluding steroid dienone is 1. The van der Waals surface area contributed by atoms with Gasteiger partial charge in [-0.15, -0.1) is 0 Å². The monoisotopic (exact) mass is 336 g/mol. The molecule has 0 aromatic heterocycles. The molecular formula is C22H24O3. The Bertz CT molecular complexity index is 864. The van der Waals surface area contributed by atoms with Crippen LogP contribution in [0.3, 0.4) is 0 Å². The second kappa shape index (κ2) is 4.57. The molecule has 2 heterocycles. The summed E-state index contributed by atoms with van der Waals surface area (Å²) >= 11 is 0. The fourth-order valence-corrected chi connectivity index (χ4v) is 5.83. The summed E-state index contributed by atoms with van der Waals surface area (Å²) in [6.07, 6.45) is 6.45. The van der Waals surface area contributed by atoms with E-state index in [4.69, 9.17) is 9.47 Å². The highest BCUT2D eigenvalue weighted by molar-refractivity contribution is 5.91. The standard InChI is InChI=1S/C22H24O3/c1-12-5-6-16-17(9-12)24-21(4)8-7-15-13(2)10-22(19(16)18(15)21)11-14(3)20(23)25-22/h5-6,9-11,15,18-19H,7-8H2,1-4H3/t15-,18+,19+,21+,22-/m0/s1. The highest BCUT2D eigenvalue weighted by Gasteiger charge is 2.63. The molecule has 130 valence electrons. The maximum atomic E-state index is 12.3. The van der Waals surface area contributed by atoms with Gasteiger partial charge in [-0.1, -0.05) is 17.7 Å². The Hall–Kier alpha value is -2.03. The number of benzene rings is 1. The van der Waals surface area contributed by atoms with E-state index in [0.29, 0.717) is 17.4 Å². The van der Waals surface area contributed by atoms with Crippen LogP contribution in [0.2, 0.25) is 0 Å². The van der Waals surface area contributed by atoms with Crippen molar-refractivity contribution in [2.45, 2.75) is 57.7 Å². The van der Waals surface area contributed by atoms with Gasteiger partial charge in [0.05, 0.1) is 0 Å². The number of carbonyl (C=O) groups excluding carboxylic acids is 1. The molecule has 3 nitrogen and oxygen atoms in total. The Labute approximate surface area is 148 Å². The lowest BCUT2D eigenvalue weighted by Gasteiger charge is -2.52. The molecule has 2 aliphatic heterocycles. The van der Waals surface area contributed by atoms with E-state index in [-0.39, 0.29) is 17.5 Å². The smallest absolute Gasteiger partial charge is 0.334 e. The number of aryl methyl sites for hydroxylation is 1. The number of rotatable bonds is 0. The van der Waals surface area contributed by atoms with Gasteiger partial charge in [0.15, 0.2) is 5.60 Å². The third kappa shape index (κ3) is 1.84. The first-order valence-electron chi connectivity index (χ1n) is 9.25. The van der Waals surface area contributed by atoms with Crippen LogP contribution in [-0.2, 0) is 9.53 Å². The first kappa shape index (κ1) is 15.2. The summed E-state index contributed by atoms with van der Waals surface area (Å²) in [6, 6.07) is 6.45. The molecule has 1 aromatic rings. The van der Waals surface area contributed by atoms with E-state index in [1.165, 1.54) is 16.7 Å². The molecule has 25 heavy (non-hydrogen) atoms. The quantitative estimate of drug-likeness (QED) is 0.518. The van der Waals surface area contributed by atoms with Crippen molar-refractivity contribution in [3.05, 3.63) is 52.6 Å². The van der Waals surface area contributed by atoms with E-state index in [1.807, 2.05) is 13.0 Å². The average molecular weight is 336 g/mol. The molecule has 1 saturated carbocycles. The molecule has 0 radical (unpaired) electrons. The Balaban J connectivity index is 1.79. The van der Waals surface area contributed by atoms with Gasteiger partial charge >= 0.3 is 5.97 Å². The zero-order valence-electron chi connectivity index (χ0n) is 15.3. The van der Waals surface area contributed by atoms with Crippen LogP contribution in [0.5, 0.6) is 5.75 Å². The Kier molecular flexibility index (Phi) is 2.79. The summed E-state index contributed by atoms with van der Waals surface area (Å²) in [5.41, 5.74) is 3.57. The van der Waals surface area contributed by atoms with Gasteiger partial charge in [0, 0.05) is 23.0 Å². The van der Waals surface area contributed by atoms with Crippen molar-refractivity contribution in [1.29, 1.82) is 0 Å². The predicted molar refractivity (Wildman–Crippen MR) is 95.5 cm³/mol. The molecule has 0 N–H and O–H groups in total. The highest BCUT2D eigenvalue weighted by Crippen LogP contribution is 2.64. The van der Waals surface area contributed by atoms with Crippen molar-refractivity contribution in [2.24, 2.45) is 11.8 Å². The molecule has 2 aliphatic carbocycles. The molecule has 5 atom stereocenters. The van der Waals surface area contributed by atoms with Gasteiger partial charge in [-0.05, 0) is 70.2 Å². The van der Waals surface area contributed by atoms with E-state index < -0.39 is 5.60 Å². The Morgan fingerprint density at radius 1 is 1.12 bits per heavy atom. The molecule has 0 amide bonds. The fourth-order valence-electron chi connectivity index (χ4n) is 5.83. The van der Waals surface area contributed by atoms with Gasteiger partial charge < -0.3 is 9.47 Å². The molecule has 1 spiro atoms. The van der Waals surface area contributed by atoms with Crippen molar-refractivity contribution in [3.8, 4) is 5.75 Å². The number of fused-ring (bicyclic) bond motifs is 3. The number of esters is 1. The van der Waals surface area contributed by atoms with E-state index >= 15 is 0 Å². The number of ether oxygens (including phenoxy) is 2. The fraction of sp³-hybridized carbons (Fsp3) is 0.500. The van der Waals surface area contributed by atoms with Gasteiger partial charge in [-0.3, -0.25) is 0 Å². The van der Waals surface area contributed by atoms with Crippen LogP contribution in [0.25, 0.3) is 0 Å². The van der Waals surface area contributed by atoms with Crippen LogP contribution in [0.4, 0.5) is 0 Å². The van der Waals surface area contributed by atoms with Gasteiger partial charge in [0.1, 0.15) is 11.4 Å². The molecule has 3 heteroatoms. The second-order valence-electron chi connectivity index (χ2n) is 8.56. The molecule has 1 fully saturated rings. The Morgan fingerprint density at radius 2 is 1.92 bits per heavy atom. The van der Waals surface area contributed by atoms with Crippen molar-refractivity contribution in [1.82, 2.24) is 0 Å². The highest BCUT2D eigenvalue weighted by atomic mass is 16.6. The summed E-state index contributed by atoms with van der Waals surface area (Å²) in [5.74, 6) is 1.73. The molecule has 5 rings (SSSR count). The third-order valence-corrected chi connectivity index (χ3v) is 6.85. The molecule has 1 aromatic carbocycles. The lowest BCUT2D eigenvalue weighted by molar-refractivity contribution is -0.149. The minimum atomic E-state index is -0.661. The topological polar surface area (TPSA) is 35.5 Å². The maximum Gasteiger partial charge on any atom is 0.334 e. The van der Waals surface area contributed by atoms with Crippen LogP contribution in [0, 0.1) is 18.8 Å². The number of hydrogen-bond donors (Lipinski definition) is 0. The number of carbonyl (C=O) groups is 1. The van der Waals surface area contributed by atoms with Crippen molar-refractivity contribution < 1.29 is 14.3 Å². The van der Waals surface area contributed by atoms with Crippen molar-refractivity contribution in [2.75, 3.05) is 0 Å². The van der Waals surface area contributed by atoms with Crippen LogP contribution in [0.1, 0.15) is 50.7 Å². The molecular weight excluding hydrogens is 312 g/mol. The minimum Gasteiger partial charge on any atom is -0.487 e. The SMILES string of the molecule is CC1=C[C@]2(C=C(C)[C@@H]3CC[C@@]4(C)Oc5cc(C)ccc5[C@@H]2[C@@H]34)OC1=O. The normalized spacial score (nSPS) is 40.8. The van der Waals surface area contributed by atoms with Gasteiger partial charge in [-0.25, -0.2) is 4.79 Å². The van der Waals surface area contributed by atoms with E-state index in [0.717, 1.165) is 18.6 Å². The summed E-state index contributed by atoms with van der Waals surface area (Å²) < 4.78 is 12.6. The summed E-state index contributed by atoms with van der Waals surface area (Å²) in [7, 11) is 0. The molecule has 4 aliphatic rings. The largest absolute Gasteiger partial charge is 0.487 e. The maximum absolute atomic E-state index is 12.3. The van der Waals surface area contributed by atoms with Crippen LogP contribution in [-0.4, -0.2) is 17.2 Å². The van der Waals surface area contributed by atoms with Crippen molar-refractivity contribution in [3.63, 3.8) is 0 Å². The van der Waals surface area contributed by atoms with Crippen molar-refractivity contribution >= 4 is 5.97 Å². The van der Waals surface area contributed by atoms with E-state index in [1.54, 1.807) is 0 Å². The molecule has 0 saturated heterocycles. The summed E-state index contributed by atoms with van der Waals surface area (Å²) in [4.78, 5) is 12.3. The summed E-state index contributed by atoms with van der Waals surface area (Å²) in [6.45, 7) is 8.38. The lowest BCUT2D eigenvalue weighted by atomic mass is 9.59. The van der Waals surface area contributed by atoms with Crippen LogP contribution >= 0.6 is 0 Å². The Morgan fingerprint density at radius 3 is 2.64 bits per heavy atom. The third-order valence-electron chi connectivity index (χ3n) is 6.85. The van der Waals surface area contributed by atoms with Gasteiger partial charge in [-0.2, -0.15) is 0 Å². The predicted octanol–water partition coefficient (Wildman–Crippen LogP) is 4.46. The van der Waals surface area contributed by atoms with E-state index in [9.17, 15) is 4.79 Å². The average Bonchev–Trinajstić information content (AvgIpc) is 3.01. The van der Waals surface area contributed by atoms with Gasteiger partial charge in [0.2, 0.25) is 0 Å². The first-order valence-corrected chi connectivity index (χ1v) is 9.25. The minimum absolute atomic E-state index is 0.124. The van der Waals surface area contributed by atoms with Crippen LogP contribution < -0.4 is 4.74 Å². The lowest BCUT2D eigenvalue weighted by Crippen LogP contribution is -2.54. The van der Waals surface area contributed by atoms with Crippen LogP contribution in [0.15, 0.2) is 41.5 Å².